The number of piperazine rings is 1. The van der Waals surface area contributed by atoms with Crippen LogP contribution in [0.5, 0.6) is 11.5 Å². The van der Waals surface area contributed by atoms with Gasteiger partial charge < -0.3 is 14.4 Å². The van der Waals surface area contributed by atoms with Crippen molar-refractivity contribution < 1.29 is 14.3 Å². The van der Waals surface area contributed by atoms with E-state index in [1.54, 1.807) is 14.2 Å². The lowest BCUT2D eigenvalue weighted by Gasteiger charge is -2.37. The maximum atomic E-state index is 12.7. The van der Waals surface area contributed by atoms with Crippen molar-refractivity contribution in [1.29, 1.82) is 0 Å². The number of ether oxygens (including phenoxy) is 2. The number of hydrogen-bond acceptors (Lipinski definition) is 6. The van der Waals surface area contributed by atoms with E-state index in [1.165, 1.54) is 5.56 Å². The van der Waals surface area contributed by atoms with Crippen LogP contribution < -0.4 is 20.3 Å². The predicted molar refractivity (Wildman–Crippen MR) is 111 cm³/mol. The van der Waals surface area contributed by atoms with E-state index in [4.69, 9.17) is 9.47 Å². The van der Waals surface area contributed by atoms with E-state index in [0.717, 1.165) is 44.1 Å². The van der Waals surface area contributed by atoms with Crippen molar-refractivity contribution in [1.82, 2.24) is 20.7 Å². The highest BCUT2D eigenvalue weighted by atomic mass is 16.5. The van der Waals surface area contributed by atoms with Gasteiger partial charge in [-0.15, -0.1) is 0 Å². The Morgan fingerprint density at radius 3 is 2.03 bits per heavy atom. The van der Waals surface area contributed by atoms with E-state index in [2.05, 4.69) is 27.9 Å². The van der Waals surface area contributed by atoms with Gasteiger partial charge in [-0.1, -0.05) is 12.1 Å². The van der Waals surface area contributed by atoms with Crippen molar-refractivity contribution in [2.45, 2.75) is 18.6 Å². The van der Waals surface area contributed by atoms with Gasteiger partial charge in [-0.2, -0.15) is 0 Å². The van der Waals surface area contributed by atoms with Gasteiger partial charge in [0.2, 0.25) is 0 Å². The second-order valence-electron chi connectivity index (χ2n) is 7.42. The number of nitrogens with zero attached hydrogens (tertiary/aromatic N) is 2. The third-order valence-electron chi connectivity index (χ3n) is 5.78. The van der Waals surface area contributed by atoms with Gasteiger partial charge in [-0.05, 0) is 48.4 Å². The molecule has 0 saturated carbocycles. The Morgan fingerprint density at radius 1 is 0.862 bits per heavy atom. The van der Waals surface area contributed by atoms with Crippen LogP contribution >= 0.6 is 0 Å². The number of amides is 1. The molecule has 7 nitrogen and oxygen atoms in total. The summed E-state index contributed by atoms with van der Waals surface area (Å²) in [6.45, 7) is 3.18. The van der Waals surface area contributed by atoms with Crippen LogP contribution in [0.4, 0.5) is 0 Å². The molecule has 2 fully saturated rings. The number of carbonyl (C=O) groups excluding carboxylic acids is 1. The highest BCUT2D eigenvalue weighted by molar-refractivity contribution is 5.94. The number of benzene rings is 2. The Bertz CT molecular complexity index is 817. The minimum atomic E-state index is 0.0842. The lowest BCUT2D eigenvalue weighted by Crippen LogP contribution is -2.55. The lowest BCUT2D eigenvalue weighted by atomic mass is 10.0. The molecule has 2 aliphatic rings. The predicted octanol–water partition coefficient (Wildman–Crippen LogP) is 2.03. The SMILES string of the molecule is COc1ccc(C(=O)N2CCN(C3CC(c4ccc(OC)cc4)NN3)CC2)cc1. The van der Waals surface area contributed by atoms with E-state index < -0.39 is 0 Å². The van der Waals surface area contributed by atoms with Gasteiger partial charge in [0.05, 0.1) is 20.4 Å². The summed E-state index contributed by atoms with van der Waals surface area (Å²) in [5.41, 5.74) is 8.78. The Hall–Kier alpha value is -2.61. The molecule has 2 unspecified atom stereocenters. The highest BCUT2D eigenvalue weighted by Gasteiger charge is 2.32. The van der Waals surface area contributed by atoms with Crippen LogP contribution in [0, 0.1) is 0 Å². The number of nitrogens with one attached hydrogen (secondary N) is 2. The second-order valence-corrected chi connectivity index (χ2v) is 7.42. The summed E-state index contributed by atoms with van der Waals surface area (Å²) >= 11 is 0. The van der Waals surface area contributed by atoms with Crippen molar-refractivity contribution in [3.63, 3.8) is 0 Å². The molecule has 2 aliphatic heterocycles. The summed E-state index contributed by atoms with van der Waals surface area (Å²) in [5.74, 6) is 1.72. The molecule has 0 radical (unpaired) electrons. The third-order valence-corrected chi connectivity index (χ3v) is 5.78. The molecule has 0 spiro atoms. The molecule has 4 rings (SSSR count). The smallest absolute Gasteiger partial charge is 0.253 e. The van der Waals surface area contributed by atoms with Crippen LogP contribution in [-0.4, -0.2) is 62.3 Å². The summed E-state index contributed by atoms with van der Waals surface area (Å²) in [7, 11) is 3.31. The minimum absolute atomic E-state index is 0.0842. The Balaban J connectivity index is 1.29. The second kappa shape index (κ2) is 8.82. The van der Waals surface area contributed by atoms with Gasteiger partial charge >= 0.3 is 0 Å². The molecular weight excluding hydrogens is 368 g/mol. The van der Waals surface area contributed by atoms with E-state index in [-0.39, 0.29) is 18.1 Å². The summed E-state index contributed by atoms with van der Waals surface area (Å²) in [5, 5.41) is 0. The van der Waals surface area contributed by atoms with Gasteiger partial charge in [0, 0.05) is 37.8 Å². The van der Waals surface area contributed by atoms with Crippen LogP contribution in [-0.2, 0) is 0 Å². The summed E-state index contributed by atoms with van der Waals surface area (Å²) in [4.78, 5) is 17.1. The molecule has 7 heteroatoms. The minimum Gasteiger partial charge on any atom is -0.497 e. The first-order chi connectivity index (χ1) is 14.2. The van der Waals surface area contributed by atoms with Crippen molar-refractivity contribution >= 4 is 5.91 Å². The van der Waals surface area contributed by atoms with Crippen molar-refractivity contribution in [3.05, 3.63) is 59.7 Å². The van der Waals surface area contributed by atoms with Crippen molar-refractivity contribution in [2.24, 2.45) is 0 Å². The molecule has 1 amide bonds. The standard InChI is InChI=1S/C22H28N4O3/c1-28-18-7-3-16(4-8-18)20-15-21(24-23-20)25-11-13-26(14-12-25)22(27)17-5-9-19(29-2)10-6-17/h3-10,20-21,23-24H,11-15H2,1-2H3. The van der Waals surface area contributed by atoms with Gasteiger partial charge in [0.15, 0.2) is 0 Å². The first-order valence-corrected chi connectivity index (χ1v) is 10.0. The van der Waals surface area contributed by atoms with E-state index in [1.807, 2.05) is 41.3 Å². The Morgan fingerprint density at radius 2 is 1.45 bits per heavy atom. The van der Waals surface area contributed by atoms with Gasteiger partial charge in [0.1, 0.15) is 11.5 Å². The van der Waals surface area contributed by atoms with E-state index in [0.29, 0.717) is 5.56 Å². The van der Waals surface area contributed by atoms with E-state index in [9.17, 15) is 4.79 Å². The number of hydrogen-bond donors (Lipinski definition) is 2. The Kier molecular flexibility index (Phi) is 5.99. The fraction of sp³-hybridized carbons (Fsp3) is 0.409. The van der Waals surface area contributed by atoms with Crippen LogP contribution in [0.25, 0.3) is 0 Å². The van der Waals surface area contributed by atoms with Crippen LogP contribution in [0.3, 0.4) is 0 Å². The first-order valence-electron chi connectivity index (χ1n) is 10.0. The quantitative estimate of drug-likeness (QED) is 0.806. The molecule has 2 aromatic rings. The zero-order chi connectivity index (χ0) is 20.2. The molecule has 0 aliphatic carbocycles. The highest BCUT2D eigenvalue weighted by Crippen LogP contribution is 2.26. The molecule has 0 aromatic heterocycles. The summed E-state index contributed by atoms with van der Waals surface area (Å²) in [6.07, 6.45) is 1.25. The van der Waals surface area contributed by atoms with Gasteiger partial charge in [0.25, 0.3) is 5.91 Å². The third kappa shape index (κ3) is 4.37. The van der Waals surface area contributed by atoms with Crippen LogP contribution in [0.15, 0.2) is 48.5 Å². The average molecular weight is 396 g/mol. The maximum Gasteiger partial charge on any atom is 0.253 e. The van der Waals surface area contributed by atoms with Crippen LogP contribution in [0.2, 0.25) is 0 Å². The zero-order valence-electron chi connectivity index (χ0n) is 16.9. The van der Waals surface area contributed by atoms with Crippen LogP contribution in [0.1, 0.15) is 28.4 Å². The fourth-order valence-electron chi connectivity index (χ4n) is 3.99. The molecule has 2 aromatic carbocycles. The molecule has 29 heavy (non-hydrogen) atoms. The maximum absolute atomic E-state index is 12.7. The number of hydrazine groups is 1. The van der Waals surface area contributed by atoms with Gasteiger partial charge in [-0.3, -0.25) is 9.69 Å². The van der Waals surface area contributed by atoms with E-state index >= 15 is 0 Å². The molecular formula is C22H28N4O3. The van der Waals surface area contributed by atoms with Crippen molar-refractivity contribution in [3.8, 4) is 11.5 Å². The normalized spacial score (nSPS) is 22.5. The molecule has 2 N–H and O–H groups in total. The number of carbonyl (C=O) groups is 1. The summed E-state index contributed by atoms with van der Waals surface area (Å²) in [6, 6.07) is 15.8. The lowest BCUT2D eigenvalue weighted by molar-refractivity contribution is 0.0545. The topological polar surface area (TPSA) is 66.1 Å². The fourth-order valence-corrected chi connectivity index (χ4v) is 3.99. The zero-order valence-corrected chi connectivity index (χ0v) is 16.9. The first kappa shape index (κ1) is 19.7. The Labute approximate surface area is 171 Å². The largest absolute Gasteiger partial charge is 0.497 e. The molecule has 2 heterocycles. The molecule has 2 saturated heterocycles. The number of rotatable bonds is 5. The van der Waals surface area contributed by atoms with Crippen molar-refractivity contribution in [2.75, 3.05) is 40.4 Å². The van der Waals surface area contributed by atoms with Gasteiger partial charge in [-0.25, -0.2) is 10.9 Å². The molecule has 0 bridgehead atoms. The monoisotopic (exact) mass is 396 g/mol. The molecule has 2 atom stereocenters. The molecule has 154 valence electrons. The average Bonchev–Trinajstić information content (AvgIpc) is 3.29. The number of methoxy groups -OCH3 is 2. The summed E-state index contributed by atoms with van der Waals surface area (Å²) < 4.78 is 10.4.